The number of carbonyl (C=O) groups excluding carboxylic acids is 2. The number of nitrogens with two attached hydrogens (primary N) is 1. The monoisotopic (exact) mass is 294 g/mol. The van der Waals surface area contributed by atoms with E-state index in [1.807, 2.05) is 24.8 Å². The maximum Gasteiger partial charge on any atom is 0.223 e. The minimum Gasteiger partial charge on any atom is -0.338 e. The molecule has 20 heavy (non-hydrogen) atoms. The zero-order valence-corrected chi connectivity index (χ0v) is 13.0. The molecule has 2 heterocycles. The molecule has 1 aliphatic rings. The standard InChI is InChI=1S/C15H22N2O2S/c1-10-8-13(11(2)20-10)14(18)5-6-15(19)17-7-3-4-12(17)9-16/h8,12H,3-7,9,16H2,1-2H3. The quantitative estimate of drug-likeness (QED) is 0.847. The van der Waals surface area contributed by atoms with Gasteiger partial charge in [0.1, 0.15) is 0 Å². The largest absolute Gasteiger partial charge is 0.338 e. The van der Waals surface area contributed by atoms with Crippen LogP contribution in [0.3, 0.4) is 0 Å². The highest BCUT2D eigenvalue weighted by Gasteiger charge is 2.27. The van der Waals surface area contributed by atoms with E-state index in [0.29, 0.717) is 19.4 Å². The Labute approximate surface area is 124 Å². The van der Waals surface area contributed by atoms with Crippen molar-refractivity contribution in [2.75, 3.05) is 13.1 Å². The van der Waals surface area contributed by atoms with Crippen LogP contribution < -0.4 is 5.73 Å². The number of hydrogen-bond donors (Lipinski definition) is 1. The number of nitrogens with zero attached hydrogens (tertiary/aromatic N) is 1. The van der Waals surface area contributed by atoms with Gasteiger partial charge < -0.3 is 10.6 Å². The van der Waals surface area contributed by atoms with E-state index >= 15 is 0 Å². The maximum absolute atomic E-state index is 12.2. The van der Waals surface area contributed by atoms with Crippen LogP contribution in [0.2, 0.25) is 0 Å². The summed E-state index contributed by atoms with van der Waals surface area (Å²) in [6.07, 6.45) is 2.59. The van der Waals surface area contributed by atoms with Crippen molar-refractivity contribution in [1.29, 1.82) is 0 Å². The fraction of sp³-hybridized carbons (Fsp3) is 0.600. The van der Waals surface area contributed by atoms with E-state index in [1.54, 1.807) is 11.3 Å². The van der Waals surface area contributed by atoms with E-state index in [2.05, 4.69) is 0 Å². The van der Waals surface area contributed by atoms with Crippen LogP contribution in [0.15, 0.2) is 6.07 Å². The molecule has 0 aromatic carbocycles. The molecule has 1 fully saturated rings. The minimum atomic E-state index is 0.0657. The summed E-state index contributed by atoms with van der Waals surface area (Å²) in [7, 11) is 0. The molecule has 1 aromatic rings. The number of carbonyl (C=O) groups is 2. The van der Waals surface area contributed by atoms with Gasteiger partial charge in [0.2, 0.25) is 5.91 Å². The fourth-order valence-corrected chi connectivity index (χ4v) is 3.76. The van der Waals surface area contributed by atoms with Gasteiger partial charge in [-0.25, -0.2) is 0 Å². The smallest absolute Gasteiger partial charge is 0.223 e. The summed E-state index contributed by atoms with van der Waals surface area (Å²) in [5.74, 6) is 0.139. The molecule has 1 saturated heterocycles. The van der Waals surface area contributed by atoms with Gasteiger partial charge in [-0.15, -0.1) is 11.3 Å². The SMILES string of the molecule is Cc1cc(C(=O)CCC(=O)N2CCCC2CN)c(C)s1. The van der Waals surface area contributed by atoms with E-state index in [4.69, 9.17) is 5.73 Å². The van der Waals surface area contributed by atoms with E-state index in [-0.39, 0.29) is 17.7 Å². The highest BCUT2D eigenvalue weighted by Crippen LogP contribution is 2.23. The maximum atomic E-state index is 12.2. The summed E-state index contributed by atoms with van der Waals surface area (Å²) >= 11 is 1.63. The van der Waals surface area contributed by atoms with Crippen molar-refractivity contribution in [1.82, 2.24) is 4.90 Å². The number of Topliss-reactive ketones (excluding diaryl/α,β-unsaturated/α-hetero) is 1. The van der Waals surface area contributed by atoms with Gasteiger partial charge in [0.15, 0.2) is 5.78 Å². The van der Waals surface area contributed by atoms with Crippen LogP contribution >= 0.6 is 11.3 Å². The zero-order valence-electron chi connectivity index (χ0n) is 12.1. The summed E-state index contributed by atoms with van der Waals surface area (Å²) in [6, 6.07) is 2.09. The molecule has 0 spiro atoms. The Kier molecular flexibility index (Phi) is 4.94. The number of hydrogen-bond acceptors (Lipinski definition) is 4. The van der Waals surface area contributed by atoms with Crippen LogP contribution in [0.4, 0.5) is 0 Å². The van der Waals surface area contributed by atoms with Gasteiger partial charge in [-0.05, 0) is 32.8 Å². The molecule has 2 N–H and O–H groups in total. The second-order valence-electron chi connectivity index (χ2n) is 5.37. The van der Waals surface area contributed by atoms with Crippen molar-refractivity contribution in [2.45, 2.75) is 45.6 Å². The molecule has 0 aliphatic carbocycles. The second-order valence-corrected chi connectivity index (χ2v) is 6.83. The van der Waals surface area contributed by atoms with Gasteiger partial charge in [0, 0.05) is 47.3 Å². The topological polar surface area (TPSA) is 63.4 Å². The molecule has 2 rings (SSSR count). The summed E-state index contributed by atoms with van der Waals surface area (Å²) in [6.45, 7) is 5.25. The first-order chi connectivity index (χ1) is 9.52. The number of rotatable bonds is 5. The molecular weight excluding hydrogens is 272 g/mol. The third-order valence-corrected chi connectivity index (χ3v) is 4.84. The lowest BCUT2D eigenvalue weighted by Gasteiger charge is -2.23. The van der Waals surface area contributed by atoms with Gasteiger partial charge in [0.05, 0.1) is 0 Å². The van der Waals surface area contributed by atoms with Gasteiger partial charge in [-0.3, -0.25) is 9.59 Å². The molecule has 1 aromatic heterocycles. The molecule has 0 radical (unpaired) electrons. The Morgan fingerprint density at radius 3 is 2.75 bits per heavy atom. The summed E-state index contributed by atoms with van der Waals surface area (Å²) in [5, 5.41) is 0. The van der Waals surface area contributed by atoms with Crippen LogP contribution in [0.25, 0.3) is 0 Å². The predicted molar refractivity (Wildman–Crippen MR) is 81.1 cm³/mol. The normalized spacial score (nSPS) is 18.6. The molecule has 0 bridgehead atoms. The summed E-state index contributed by atoms with van der Waals surface area (Å²) in [5.41, 5.74) is 6.45. The van der Waals surface area contributed by atoms with E-state index in [0.717, 1.165) is 34.7 Å². The predicted octanol–water partition coefficient (Wildman–Crippen LogP) is 2.28. The van der Waals surface area contributed by atoms with Crippen molar-refractivity contribution in [2.24, 2.45) is 5.73 Å². The molecule has 1 atom stereocenters. The lowest BCUT2D eigenvalue weighted by Crippen LogP contribution is -2.39. The Bertz CT molecular complexity index is 510. The van der Waals surface area contributed by atoms with Crippen LogP contribution in [0, 0.1) is 13.8 Å². The van der Waals surface area contributed by atoms with Crippen LogP contribution in [0.5, 0.6) is 0 Å². The molecule has 1 aliphatic heterocycles. The van der Waals surface area contributed by atoms with E-state index < -0.39 is 0 Å². The number of thiophene rings is 1. The van der Waals surface area contributed by atoms with Crippen molar-refractivity contribution < 1.29 is 9.59 Å². The fourth-order valence-electron chi connectivity index (χ4n) is 2.82. The van der Waals surface area contributed by atoms with Crippen molar-refractivity contribution >= 4 is 23.0 Å². The molecule has 110 valence electrons. The third kappa shape index (κ3) is 3.27. The first-order valence-electron chi connectivity index (χ1n) is 7.12. The molecule has 1 amide bonds. The third-order valence-electron chi connectivity index (χ3n) is 3.88. The van der Waals surface area contributed by atoms with Crippen LogP contribution in [-0.2, 0) is 4.79 Å². The van der Waals surface area contributed by atoms with Gasteiger partial charge in [-0.2, -0.15) is 0 Å². The molecule has 0 saturated carbocycles. The Morgan fingerprint density at radius 2 is 2.15 bits per heavy atom. The Balaban J connectivity index is 1.90. The first kappa shape index (κ1) is 15.2. The number of ketones is 1. The van der Waals surface area contributed by atoms with E-state index in [9.17, 15) is 9.59 Å². The zero-order chi connectivity index (χ0) is 14.7. The lowest BCUT2D eigenvalue weighted by atomic mass is 10.1. The first-order valence-corrected chi connectivity index (χ1v) is 7.94. The van der Waals surface area contributed by atoms with Gasteiger partial charge >= 0.3 is 0 Å². The molecule has 5 heteroatoms. The van der Waals surface area contributed by atoms with Crippen molar-refractivity contribution in [3.63, 3.8) is 0 Å². The summed E-state index contributed by atoms with van der Waals surface area (Å²) < 4.78 is 0. The lowest BCUT2D eigenvalue weighted by molar-refractivity contribution is -0.131. The number of amides is 1. The summed E-state index contributed by atoms with van der Waals surface area (Å²) in [4.78, 5) is 28.3. The van der Waals surface area contributed by atoms with Crippen LogP contribution in [-0.4, -0.2) is 35.7 Å². The number of likely N-dealkylation sites (tertiary alicyclic amines) is 1. The highest BCUT2D eigenvalue weighted by atomic mass is 32.1. The molecular formula is C15H22N2O2S. The Hall–Kier alpha value is -1.20. The molecule has 4 nitrogen and oxygen atoms in total. The molecule has 1 unspecified atom stereocenters. The Morgan fingerprint density at radius 1 is 1.40 bits per heavy atom. The average Bonchev–Trinajstić information content (AvgIpc) is 3.01. The van der Waals surface area contributed by atoms with Crippen molar-refractivity contribution in [3.05, 3.63) is 21.4 Å². The van der Waals surface area contributed by atoms with Crippen LogP contribution in [0.1, 0.15) is 45.8 Å². The van der Waals surface area contributed by atoms with Gasteiger partial charge in [-0.1, -0.05) is 0 Å². The average molecular weight is 294 g/mol. The second kappa shape index (κ2) is 6.50. The van der Waals surface area contributed by atoms with Crippen molar-refractivity contribution in [3.8, 4) is 0 Å². The number of aryl methyl sites for hydroxylation is 2. The minimum absolute atomic E-state index is 0.0657. The highest BCUT2D eigenvalue weighted by molar-refractivity contribution is 7.12. The van der Waals surface area contributed by atoms with E-state index in [1.165, 1.54) is 0 Å². The van der Waals surface area contributed by atoms with Gasteiger partial charge in [0.25, 0.3) is 0 Å².